The first-order chi connectivity index (χ1) is 11.4. The van der Waals surface area contributed by atoms with Gasteiger partial charge in [-0.15, -0.1) is 0 Å². The van der Waals surface area contributed by atoms with Crippen LogP contribution in [0.3, 0.4) is 0 Å². The van der Waals surface area contributed by atoms with Crippen molar-refractivity contribution >= 4 is 23.5 Å². The van der Waals surface area contributed by atoms with Crippen LogP contribution in [0.1, 0.15) is 15.9 Å². The number of phenolic OH excluding ortho intramolecular Hbond substituents is 1. The molecule has 0 spiro atoms. The van der Waals surface area contributed by atoms with Crippen LogP contribution >= 0.6 is 0 Å². The number of amides is 1. The number of phenols is 1. The lowest BCUT2D eigenvalue weighted by Gasteiger charge is -2.02. The van der Waals surface area contributed by atoms with Crippen LogP contribution in [-0.4, -0.2) is 27.1 Å². The van der Waals surface area contributed by atoms with Crippen molar-refractivity contribution in [3.8, 4) is 5.75 Å². The van der Waals surface area contributed by atoms with Gasteiger partial charge in [-0.25, -0.2) is 5.43 Å². The molecule has 10 nitrogen and oxygen atoms in total. The van der Waals surface area contributed by atoms with Gasteiger partial charge in [-0.2, -0.15) is 5.10 Å². The molecule has 1 amide bonds. The smallest absolute Gasteiger partial charge is 0.318 e. The largest absolute Gasteiger partial charge is 0.502 e. The summed E-state index contributed by atoms with van der Waals surface area (Å²) in [5.41, 5.74) is 0.780. The summed E-state index contributed by atoms with van der Waals surface area (Å²) in [4.78, 5) is 31.6. The molecule has 0 aliphatic carbocycles. The number of rotatable bonds is 5. The summed E-state index contributed by atoms with van der Waals surface area (Å²) < 4.78 is 0. The summed E-state index contributed by atoms with van der Waals surface area (Å²) >= 11 is 0. The predicted molar refractivity (Wildman–Crippen MR) is 82.9 cm³/mol. The molecule has 0 atom stereocenters. The highest BCUT2D eigenvalue weighted by atomic mass is 16.6. The summed E-state index contributed by atoms with van der Waals surface area (Å²) in [5.74, 6) is -1.34. The maximum absolute atomic E-state index is 11.8. The van der Waals surface area contributed by atoms with Gasteiger partial charge in [0.1, 0.15) is 0 Å². The molecule has 0 unspecified atom stereocenters. The van der Waals surface area contributed by atoms with E-state index in [2.05, 4.69) is 10.5 Å². The Hall–Kier alpha value is -3.82. The Bertz CT molecular complexity index is 835. The van der Waals surface area contributed by atoms with Crippen LogP contribution < -0.4 is 5.43 Å². The predicted octanol–water partition coefficient (Wildman–Crippen LogP) is 1.97. The molecule has 0 bridgehead atoms. The molecule has 0 aliphatic rings. The highest BCUT2D eigenvalue weighted by Gasteiger charge is 2.23. The summed E-state index contributed by atoms with van der Waals surface area (Å²) in [7, 11) is 0. The van der Waals surface area contributed by atoms with Crippen molar-refractivity contribution < 1.29 is 19.7 Å². The number of non-ortho nitro benzene ring substituents is 1. The quantitative estimate of drug-likeness (QED) is 0.486. The zero-order chi connectivity index (χ0) is 17.7. The van der Waals surface area contributed by atoms with Crippen LogP contribution in [-0.2, 0) is 0 Å². The molecule has 0 aliphatic heterocycles. The Kier molecular flexibility index (Phi) is 4.80. The first-order valence-electron chi connectivity index (χ1n) is 6.44. The SMILES string of the molecule is O=C(N/N=C\c1cc([N+](=O)[O-])cc([N+](=O)[O-])c1O)c1ccccc1. The highest BCUT2D eigenvalue weighted by Crippen LogP contribution is 2.33. The van der Waals surface area contributed by atoms with Gasteiger partial charge in [0.05, 0.1) is 27.7 Å². The average Bonchev–Trinajstić information content (AvgIpc) is 2.56. The number of aromatic hydroxyl groups is 1. The number of nitro groups is 2. The fraction of sp³-hybridized carbons (Fsp3) is 0. The maximum atomic E-state index is 11.8. The number of hydrogen-bond donors (Lipinski definition) is 2. The molecule has 10 heteroatoms. The van der Waals surface area contributed by atoms with E-state index in [1.807, 2.05) is 0 Å². The molecule has 0 saturated carbocycles. The Balaban J connectivity index is 2.27. The van der Waals surface area contributed by atoms with Gasteiger partial charge in [0.15, 0.2) is 0 Å². The van der Waals surface area contributed by atoms with E-state index in [9.17, 15) is 30.1 Å². The topological polar surface area (TPSA) is 148 Å². The zero-order valence-electron chi connectivity index (χ0n) is 11.9. The first kappa shape index (κ1) is 16.5. The molecular weight excluding hydrogens is 320 g/mol. The molecule has 0 heterocycles. The zero-order valence-corrected chi connectivity index (χ0v) is 11.9. The third-order valence-corrected chi connectivity index (χ3v) is 2.92. The lowest BCUT2D eigenvalue weighted by molar-refractivity contribution is -0.394. The minimum absolute atomic E-state index is 0.274. The van der Waals surface area contributed by atoms with Crippen LogP contribution in [0.25, 0.3) is 0 Å². The van der Waals surface area contributed by atoms with Crippen molar-refractivity contribution in [2.45, 2.75) is 0 Å². The maximum Gasteiger partial charge on any atom is 0.318 e. The molecule has 2 aromatic carbocycles. The number of carbonyl (C=O) groups excluding carboxylic acids is 1. The van der Waals surface area contributed by atoms with Crippen LogP contribution in [0.15, 0.2) is 47.6 Å². The third-order valence-electron chi connectivity index (χ3n) is 2.92. The standard InChI is InChI=1S/C14H10N4O6/c19-13-10(6-11(17(21)22)7-12(13)18(23)24)8-15-16-14(20)9-4-2-1-3-5-9/h1-8,19H,(H,16,20)/b15-8-. The van der Waals surface area contributed by atoms with Crippen LogP contribution in [0.4, 0.5) is 11.4 Å². The van der Waals surface area contributed by atoms with Crippen LogP contribution in [0.5, 0.6) is 5.75 Å². The van der Waals surface area contributed by atoms with Gasteiger partial charge >= 0.3 is 5.69 Å². The monoisotopic (exact) mass is 330 g/mol. The molecule has 2 N–H and O–H groups in total. The van der Waals surface area contributed by atoms with E-state index < -0.39 is 32.9 Å². The Morgan fingerprint density at radius 3 is 2.38 bits per heavy atom. The van der Waals surface area contributed by atoms with E-state index in [4.69, 9.17) is 0 Å². The van der Waals surface area contributed by atoms with E-state index in [0.29, 0.717) is 11.6 Å². The average molecular weight is 330 g/mol. The van der Waals surface area contributed by atoms with Gasteiger partial charge in [0.2, 0.25) is 5.75 Å². The van der Waals surface area contributed by atoms with Crippen LogP contribution in [0.2, 0.25) is 0 Å². The molecular formula is C14H10N4O6. The van der Waals surface area contributed by atoms with E-state index in [-0.39, 0.29) is 5.56 Å². The van der Waals surface area contributed by atoms with Gasteiger partial charge in [0.25, 0.3) is 11.6 Å². The number of nitrogens with one attached hydrogen (secondary N) is 1. The fourth-order valence-corrected chi connectivity index (χ4v) is 1.78. The summed E-state index contributed by atoms with van der Waals surface area (Å²) in [6.45, 7) is 0. The summed E-state index contributed by atoms with van der Waals surface area (Å²) in [5, 5.41) is 34.9. The Labute approximate surface area is 134 Å². The molecule has 0 radical (unpaired) electrons. The summed E-state index contributed by atoms with van der Waals surface area (Å²) in [6, 6.07) is 9.64. The van der Waals surface area contributed by atoms with E-state index in [0.717, 1.165) is 12.3 Å². The molecule has 0 fully saturated rings. The van der Waals surface area contributed by atoms with Gasteiger partial charge in [-0.1, -0.05) is 18.2 Å². The molecule has 0 aromatic heterocycles. The van der Waals surface area contributed by atoms with Crippen molar-refractivity contribution in [1.82, 2.24) is 5.43 Å². The molecule has 24 heavy (non-hydrogen) atoms. The number of nitro benzene ring substituents is 2. The minimum Gasteiger partial charge on any atom is -0.502 e. The van der Waals surface area contributed by atoms with Crippen molar-refractivity contribution in [1.29, 1.82) is 0 Å². The molecule has 2 aromatic rings. The van der Waals surface area contributed by atoms with Crippen molar-refractivity contribution in [3.05, 3.63) is 73.8 Å². The Morgan fingerprint density at radius 2 is 1.79 bits per heavy atom. The Morgan fingerprint density at radius 1 is 1.12 bits per heavy atom. The van der Waals surface area contributed by atoms with Gasteiger partial charge < -0.3 is 5.11 Å². The molecule has 0 saturated heterocycles. The lowest BCUT2D eigenvalue weighted by Crippen LogP contribution is -2.17. The number of nitrogens with zero attached hydrogens (tertiary/aromatic N) is 3. The second kappa shape index (κ2) is 6.96. The van der Waals surface area contributed by atoms with E-state index >= 15 is 0 Å². The van der Waals surface area contributed by atoms with Crippen molar-refractivity contribution in [2.75, 3.05) is 0 Å². The number of carbonyl (C=O) groups is 1. The van der Waals surface area contributed by atoms with Crippen LogP contribution in [0, 0.1) is 20.2 Å². The van der Waals surface area contributed by atoms with E-state index in [1.165, 1.54) is 0 Å². The second-order valence-electron chi connectivity index (χ2n) is 4.48. The number of hydrogen-bond acceptors (Lipinski definition) is 7. The first-order valence-corrected chi connectivity index (χ1v) is 6.44. The van der Waals surface area contributed by atoms with Crippen molar-refractivity contribution in [2.24, 2.45) is 5.10 Å². The minimum atomic E-state index is -0.956. The number of benzene rings is 2. The van der Waals surface area contributed by atoms with Gasteiger partial charge in [-0.3, -0.25) is 25.0 Å². The van der Waals surface area contributed by atoms with Gasteiger partial charge in [-0.05, 0) is 12.1 Å². The molecule has 2 rings (SSSR count). The fourth-order valence-electron chi connectivity index (χ4n) is 1.78. The summed E-state index contributed by atoms with van der Waals surface area (Å²) in [6.07, 6.45) is 0.885. The molecule has 122 valence electrons. The van der Waals surface area contributed by atoms with Gasteiger partial charge in [0, 0.05) is 11.6 Å². The van der Waals surface area contributed by atoms with Crippen molar-refractivity contribution in [3.63, 3.8) is 0 Å². The van der Waals surface area contributed by atoms with E-state index in [1.54, 1.807) is 30.3 Å². The normalized spacial score (nSPS) is 10.5. The lowest BCUT2D eigenvalue weighted by atomic mass is 10.1. The third kappa shape index (κ3) is 3.68. The highest BCUT2D eigenvalue weighted by molar-refractivity contribution is 5.95. The second-order valence-corrected chi connectivity index (χ2v) is 4.48. The number of hydrazone groups is 1.